The Kier molecular flexibility index (Phi) is 2.71. The standard InChI is InChI=1S/C16H17NO/c1-11-6-7-15-13(8-11)10-16(17-15)12-4-3-5-14(9-12)18-2/h3-9,16-17H,10H2,1-2H3. The molecular formula is C16H17NO. The maximum atomic E-state index is 5.28. The van der Waals surface area contributed by atoms with Crippen LogP contribution in [0.25, 0.3) is 0 Å². The van der Waals surface area contributed by atoms with Crippen molar-refractivity contribution >= 4 is 5.69 Å². The van der Waals surface area contributed by atoms with Gasteiger partial charge in [0, 0.05) is 5.69 Å². The first-order valence-electron chi connectivity index (χ1n) is 6.26. The molecule has 1 heterocycles. The molecule has 2 heteroatoms. The molecule has 0 aromatic heterocycles. The maximum Gasteiger partial charge on any atom is 0.119 e. The highest BCUT2D eigenvalue weighted by Crippen LogP contribution is 2.35. The van der Waals surface area contributed by atoms with E-state index in [2.05, 4.69) is 42.6 Å². The predicted octanol–water partition coefficient (Wildman–Crippen LogP) is 3.71. The molecule has 1 aliphatic rings. The van der Waals surface area contributed by atoms with Gasteiger partial charge in [-0.2, -0.15) is 0 Å². The molecule has 1 atom stereocenters. The highest BCUT2D eigenvalue weighted by atomic mass is 16.5. The van der Waals surface area contributed by atoms with E-state index >= 15 is 0 Å². The van der Waals surface area contributed by atoms with Crippen LogP contribution in [0.15, 0.2) is 42.5 Å². The summed E-state index contributed by atoms with van der Waals surface area (Å²) in [6.45, 7) is 2.14. The number of ether oxygens (including phenoxy) is 1. The third-order valence-corrected chi connectivity index (χ3v) is 3.51. The Bertz CT molecular complexity index is 577. The molecule has 18 heavy (non-hydrogen) atoms. The van der Waals surface area contributed by atoms with Crippen molar-refractivity contribution in [3.8, 4) is 5.75 Å². The maximum absolute atomic E-state index is 5.28. The van der Waals surface area contributed by atoms with Gasteiger partial charge in [-0.3, -0.25) is 0 Å². The number of nitrogens with one attached hydrogen (secondary N) is 1. The number of methoxy groups -OCH3 is 1. The monoisotopic (exact) mass is 239 g/mol. The summed E-state index contributed by atoms with van der Waals surface area (Å²) >= 11 is 0. The predicted molar refractivity (Wildman–Crippen MR) is 74.2 cm³/mol. The fourth-order valence-corrected chi connectivity index (χ4v) is 2.55. The van der Waals surface area contributed by atoms with Gasteiger partial charge < -0.3 is 10.1 Å². The van der Waals surface area contributed by atoms with Crippen LogP contribution < -0.4 is 10.1 Å². The van der Waals surface area contributed by atoms with Crippen LogP contribution in [-0.2, 0) is 6.42 Å². The van der Waals surface area contributed by atoms with Crippen LogP contribution >= 0.6 is 0 Å². The zero-order valence-corrected chi connectivity index (χ0v) is 10.7. The van der Waals surface area contributed by atoms with E-state index in [9.17, 15) is 0 Å². The molecule has 92 valence electrons. The second-order valence-corrected chi connectivity index (χ2v) is 4.84. The molecule has 0 fully saturated rings. The zero-order valence-electron chi connectivity index (χ0n) is 10.7. The van der Waals surface area contributed by atoms with E-state index in [1.54, 1.807) is 7.11 Å². The lowest BCUT2D eigenvalue weighted by Gasteiger charge is -2.12. The Balaban J connectivity index is 1.88. The van der Waals surface area contributed by atoms with E-state index in [0.29, 0.717) is 6.04 Å². The highest BCUT2D eigenvalue weighted by molar-refractivity contribution is 5.59. The van der Waals surface area contributed by atoms with Crippen LogP contribution in [0.1, 0.15) is 22.7 Å². The van der Waals surface area contributed by atoms with E-state index in [1.165, 1.54) is 22.4 Å². The van der Waals surface area contributed by atoms with E-state index < -0.39 is 0 Å². The molecular weight excluding hydrogens is 222 g/mol. The van der Waals surface area contributed by atoms with Crippen molar-refractivity contribution in [3.05, 3.63) is 59.2 Å². The Morgan fingerprint density at radius 1 is 1.17 bits per heavy atom. The van der Waals surface area contributed by atoms with Crippen LogP contribution in [0.3, 0.4) is 0 Å². The van der Waals surface area contributed by atoms with Gasteiger partial charge in [0.25, 0.3) is 0 Å². The van der Waals surface area contributed by atoms with Gasteiger partial charge in [-0.15, -0.1) is 0 Å². The molecule has 0 amide bonds. The summed E-state index contributed by atoms with van der Waals surface area (Å²) in [4.78, 5) is 0. The first kappa shape index (κ1) is 11.1. The van der Waals surface area contributed by atoms with Gasteiger partial charge in [0.05, 0.1) is 13.2 Å². The lowest BCUT2D eigenvalue weighted by atomic mass is 10.0. The van der Waals surface area contributed by atoms with E-state index in [0.717, 1.165) is 12.2 Å². The molecule has 0 radical (unpaired) electrons. The quantitative estimate of drug-likeness (QED) is 0.862. The Morgan fingerprint density at radius 2 is 2.06 bits per heavy atom. The van der Waals surface area contributed by atoms with Gasteiger partial charge in [-0.05, 0) is 42.7 Å². The van der Waals surface area contributed by atoms with Crippen LogP contribution in [0.5, 0.6) is 5.75 Å². The van der Waals surface area contributed by atoms with Crippen LogP contribution in [-0.4, -0.2) is 7.11 Å². The number of hydrogen-bond acceptors (Lipinski definition) is 2. The molecule has 0 saturated heterocycles. The van der Waals surface area contributed by atoms with E-state index in [1.807, 2.05) is 12.1 Å². The van der Waals surface area contributed by atoms with Gasteiger partial charge in [0.2, 0.25) is 0 Å². The molecule has 2 aromatic rings. The highest BCUT2D eigenvalue weighted by Gasteiger charge is 2.21. The SMILES string of the molecule is COc1cccc(C2Cc3cc(C)ccc3N2)c1. The molecule has 0 spiro atoms. The zero-order chi connectivity index (χ0) is 12.5. The average Bonchev–Trinajstić information content (AvgIpc) is 2.81. The van der Waals surface area contributed by atoms with Crippen LogP contribution in [0, 0.1) is 6.92 Å². The molecule has 0 aliphatic carbocycles. The summed E-state index contributed by atoms with van der Waals surface area (Å²) in [5.41, 5.74) is 5.27. The van der Waals surface area contributed by atoms with Gasteiger partial charge in [0.15, 0.2) is 0 Å². The molecule has 3 rings (SSSR count). The summed E-state index contributed by atoms with van der Waals surface area (Å²) in [6, 6.07) is 15.2. The third kappa shape index (κ3) is 1.94. The number of anilines is 1. The fraction of sp³-hybridized carbons (Fsp3) is 0.250. The minimum atomic E-state index is 0.358. The Labute approximate surface area is 108 Å². The second kappa shape index (κ2) is 4.37. The second-order valence-electron chi connectivity index (χ2n) is 4.84. The van der Waals surface area contributed by atoms with E-state index in [-0.39, 0.29) is 0 Å². The first-order chi connectivity index (χ1) is 8.76. The summed E-state index contributed by atoms with van der Waals surface area (Å²) in [7, 11) is 1.71. The molecule has 2 nitrogen and oxygen atoms in total. The van der Waals surface area contributed by atoms with Crippen molar-refractivity contribution in [1.82, 2.24) is 0 Å². The van der Waals surface area contributed by atoms with E-state index in [4.69, 9.17) is 4.74 Å². The smallest absolute Gasteiger partial charge is 0.119 e. The molecule has 1 unspecified atom stereocenters. The average molecular weight is 239 g/mol. The van der Waals surface area contributed by atoms with Crippen molar-refractivity contribution in [3.63, 3.8) is 0 Å². The van der Waals surface area contributed by atoms with Gasteiger partial charge in [-0.25, -0.2) is 0 Å². The number of fused-ring (bicyclic) bond motifs is 1. The lowest BCUT2D eigenvalue weighted by molar-refractivity contribution is 0.414. The number of hydrogen-bond donors (Lipinski definition) is 1. The van der Waals surface area contributed by atoms with Gasteiger partial charge in [0.1, 0.15) is 5.75 Å². The molecule has 2 aromatic carbocycles. The summed E-state index contributed by atoms with van der Waals surface area (Å²) in [5, 5.41) is 3.57. The number of rotatable bonds is 2. The van der Waals surface area contributed by atoms with Crippen molar-refractivity contribution in [2.75, 3.05) is 12.4 Å². The van der Waals surface area contributed by atoms with Crippen molar-refractivity contribution in [1.29, 1.82) is 0 Å². The largest absolute Gasteiger partial charge is 0.497 e. The van der Waals surface area contributed by atoms with Gasteiger partial charge >= 0.3 is 0 Å². The Hall–Kier alpha value is -1.96. The van der Waals surface area contributed by atoms with Gasteiger partial charge in [-0.1, -0.05) is 29.8 Å². The van der Waals surface area contributed by atoms with Crippen molar-refractivity contribution < 1.29 is 4.74 Å². The minimum Gasteiger partial charge on any atom is -0.497 e. The minimum absolute atomic E-state index is 0.358. The topological polar surface area (TPSA) is 21.3 Å². The normalized spacial score (nSPS) is 17.1. The molecule has 1 aliphatic heterocycles. The van der Waals surface area contributed by atoms with Crippen LogP contribution in [0.4, 0.5) is 5.69 Å². The fourth-order valence-electron chi connectivity index (χ4n) is 2.55. The third-order valence-electron chi connectivity index (χ3n) is 3.51. The van der Waals surface area contributed by atoms with Crippen molar-refractivity contribution in [2.45, 2.75) is 19.4 Å². The van der Waals surface area contributed by atoms with Crippen LogP contribution in [0.2, 0.25) is 0 Å². The summed E-state index contributed by atoms with van der Waals surface area (Å²) < 4.78 is 5.28. The summed E-state index contributed by atoms with van der Waals surface area (Å²) in [6.07, 6.45) is 1.05. The number of benzene rings is 2. The number of aryl methyl sites for hydroxylation is 1. The van der Waals surface area contributed by atoms with Crippen molar-refractivity contribution in [2.24, 2.45) is 0 Å². The first-order valence-corrected chi connectivity index (χ1v) is 6.26. The molecule has 0 bridgehead atoms. The molecule has 1 N–H and O–H groups in total. The lowest BCUT2D eigenvalue weighted by Crippen LogP contribution is -2.05. The Morgan fingerprint density at radius 3 is 2.89 bits per heavy atom. The summed E-state index contributed by atoms with van der Waals surface area (Å²) in [5.74, 6) is 0.918. The molecule has 0 saturated carbocycles.